The number of nitrogens with zero attached hydrogens (tertiary/aromatic N) is 3. The highest BCUT2D eigenvalue weighted by Crippen LogP contribution is 2.21. The molecule has 1 atom stereocenters. The molecule has 0 radical (unpaired) electrons. The Labute approximate surface area is 107 Å². The van der Waals surface area contributed by atoms with Gasteiger partial charge in [0.15, 0.2) is 5.13 Å². The number of aryl methyl sites for hydroxylation is 1. The Morgan fingerprint density at radius 2 is 2.12 bits per heavy atom. The first-order chi connectivity index (χ1) is 8.19. The number of thiazole rings is 1. The number of nitrogens with two attached hydrogens (primary N) is 1. The summed E-state index contributed by atoms with van der Waals surface area (Å²) in [6, 6.07) is 0.323. The van der Waals surface area contributed by atoms with Crippen LogP contribution in [-0.2, 0) is 0 Å². The van der Waals surface area contributed by atoms with Crippen LogP contribution in [0.5, 0.6) is 0 Å². The number of aromatic nitrogens is 1. The van der Waals surface area contributed by atoms with E-state index in [1.807, 2.05) is 0 Å². The van der Waals surface area contributed by atoms with Gasteiger partial charge in [-0.2, -0.15) is 0 Å². The van der Waals surface area contributed by atoms with Crippen LogP contribution < -0.4 is 10.6 Å². The van der Waals surface area contributed by atoms with Crippen LogP contribution in [0.4, 0.5) is 5.13 Å². The highest BCUT2D eigenvalue weighted by molar-refractivity contribution is 7.13. The lowest BCUT2D eigenvalue weighted by Crippen LogP contribution is -2.49. The molecule has 2 heterocycles. The molecule has 0 aromatic carbocycles. The second-order valence-electron chi connectivity index (χ2n) is 4.73. The molecule has 1 aliphatic rings. The van der Waals surface area contributed by atoms with Gasteiger partial charge in [-0.15, -0.1) is 11.3 Å². The van der Waals surface area contributed by atoms with Crippen LogP contribution in [0, 0.1) is 6.92 Å². The molecule has 17 heavy (non-hydrogen) atoms. The van der Waals surface area contributed by atoms with Crippen molar-refractivity contribution in [2.24, 2.45) is 5.73 Å². The molecule has 0 saturated carbocycles. The molecule has 0 amide bonds. The van der Waals surface area contributed by atoms with E-state index in [1.165, 1.54) is 5.13 Å². The van der Waals surface area contributed by atoms with Crippen molar-refractivity contribution in [3.63, 3.8) is 0 Å². The molecule has 2 N–H and O–H groups in total. The maximum atomic E-state index is 5.99. The van der Waals surface area contributed by atoms with E-state index >= 15 is 0 Å². The molecule has 5 heteroatoms. The van der Waals surface area contributed by atoms with Crippen molar-refractivity contribution in [3.05, 3.63) is 11.1 Å². The maximum Gasteiger partial charge on any atom is 0.185 e. The Morgan fingerprint density at radius 1 is 1.41 bits per heavy atom. The zero-order valence-corrected chi connectivity index (χ0v) is 11.5. The zero-order valence-electron chi connectivity index (χ0n) is 10.7. The summed E-state index contributed by atoms with van der Waals surface area (Å²) in [6.07, 6.45) is 1.06. The lowest BCUT2D eigenvalue weighted by atomic mass is 10.2. The standard InChI is InChI=1S/C12H22N4S/c1-3-11(13)8-15-4-6-16(7-5-15)12-14-10(2)9-17-12/h9,11H,3-8,13H2,1-2H3. The summed E-state index contributed by atoms with van der Waals surface area (Å²) >= 11 is 1.75. The minimum atomic E-state index is 0.323. The molecule has 1 aromatic heterocycles. The fraction of sp³-hybridized carbons (Fsp3) is 0.750. The molecular weight excluding hydrogens is 232 g/mol. The Kier molecular flexibility index (Phi) is 4.36. The van der Waals surface area contributed by atoms with Gasteiger partial charge in [0.2, 0.25) is 0 Å². The largest absolute Gasteiger partial charge is 0.346 e. The first-order valence-electron chi connectivity index (χ1n) is 6.34. The summed E-state index contributed by atoms with van der Waals surface area (Å²) < 4.78 is 0. The van der Waals surface area contributed by atoms with Gasteiger partial charge in [-0.05, 0) is 13.3 Å². The fourth-order valence-electron chi connectivity index (χ4n) is 2.07. The Morgan fingerprint density at radius 3 is 2.65 bits per heavy atom. The minimum Gasteiger partial charge on any atom is -0.346 e. The quantitative estimate of drug-likeness (QED) is 0.880. The first-order valence-corrected chi connectivity index (χ1v) is 7.22. The van der Waals surface area contributed by atoms with Crippen molar-refractivity contribution in [2.45, 2.75) is 26.3 Å². The summed E-state index contributed by atoms with van der Waals surface area (Å²) in [6.45, 7) is 9.59. The number of piperazine rings is 1. The molecule has 1 fully saturated rings. The lowest BCUT2D eigenvalue weighted by Gasteiger charge is -2.35. The van der Waals surface area contributed by atoms with Gasteiger partial charge in [0.25, 0.3) is 0 Å². The van der Waals surface area contributed by atoms with Crippen molar-refractivity contribution in [3.8, 4) is 0 Å². The molecule has 0 aliphatic carbocycles. The van der Waals surface area contributed by atoms with Gasteiger partial charge >= 0.3 is 0 Å². The van der Waals surface area contributed by atoms with Crippen molar-refractivity contribution >= 4 is 16.5 Å². The average Bonchev–Trinajstić information content (AvgIpc) is 2.77. The summed E-state index contributed by atoms with van der Waals surface area (Å²) in [7, 11) is 0. The SMILES string of the molecule is CCC(N)CN1CCN(c2nc(C)cs2)CC1. The monoisotopic (exact) mass is 254 g/mol. The van der Waals surface area contributed by atoms with Gasteiger partial charge in [0.1, 0.15) is 0 Å². The fourth-order valence-corrected chi connectivity index (χ4v) is 2.93. The third-order valence-corrected chi connectivity index (χ3v) is 4.29. The number of rotatable bonds is 4. The molecule has 0 spiro atoms. The van der Waals surface area contributed by atoms with Gasteiger partial charge in [0, 0.05) is 44.1 Å². The van der Waals surface area contributed by atoms with Crippen LogP contribution in [0.2, 0.25) is 0 Å². The predicted octanol–water partition coefficient (Wildman–Crippen LogP) is 1.31. The van der Waals surface area contributed by atoms with E-state index in [9.17, 15) is 0 Å². The molecule has 1 unspecified atom stereocenters. The Balaban J connectivity index is 1.82. The van der Waals surface area contributed by atoms with E-state index in [4.69, 9.17) is 5.73 Å². The number of hydrogen-bond donors (Lipinski definition) is 1. The molecular formula is C12H22N4S. The van der Waals surface area contributed by atoms with Gasteiger partial charge < -0.3 is 10.6 Å². The van der Waals surface area contributed by atoms with Crippen LogP contribution in [0.15, 0.2) is 5.38 Å². The molecule has 2 rings (SSSR count). The lowest BCUT2D eigenvalue weighted by molar-refractivity contribution is 0.240. The zero-order chi connectivity index (χ0) is 12.3. The molecule has 0 bridgehead atoms. The predicted molar refractivity (Wildman–Crippen MR) is 73.8 cm³/mol. The third kappa shape index (κ3) is 3.40. The number of hydrogen-bond acceptors (Lipinski definition) is 5. The van der Waals surface area contributed by atoms with Crippen LogP contribution >= 0.6 is 11.3 Å². The van der Waals surface area contributed by atoms with Crippen LogP contribution in [-0.4, -0.2) is 48.6 Å². The highest BCUT2D eigenvalue weighted by Gasteiger charge is 2.19. The summed E-state index contributed by atoms with van der Waals surface area (Å²) in [5.74, 6) is 0. The summed E-state index contributed by atoms with van der Waals surface area (Å²) in [4.78, 5) is 9.38. The van der Waals surface area contributed by atoms with E-state index < -0.39 is 0 Å². The molecule has 1 saturated heterocycles. The van der Waals surface area contributed by atoms with E-state index in [1.54, 1.807) is 11.3 Å². The highest BCUT2D eigenvalue weighted by atomic mass is 32.1. The minimum absolute atomic E-state index is 0.323. The first kappa shape index (κ1) is 12.8. The van der Waals surface area contributed by atoms with Crippen molar-refractivity contribution in [1.82, 2.24) is 9.88 Å². The second-order valence-corrected chi connectivity index (χ2v) is 5.56. The summed E-state index contributed by atoms with van der Waals surface area (Å²) in [5.41, 5.74) is 7.11. The third-order valence-electron chi connectivity index (χ3n) is 3.27. The van der Waals surface area contributed by atoms with Gasteiger partial charge in [-0.1, -0.05) is 6.92 Å². The topological polar surface area (TPSA) is 45.4 Å². The van der Waals surface area contributed by atoms with Crippen molar-refractivity contribution in [2.75, 3.05) is 37.6 Å². The average molecular weight is 254 g/mol. The molecule has 4 nitrogen and oxygen atoms in total. The van der Waals surface area contributed by atoms with E-state index in [2.05, 4.69) is 34.0 Å². The van der Waals surface area contributed by atoms with E-state index in [0.29, 0.717) is 6.04 Å². The Bertz CT molecular complexity index is 344. The van der Waals surface area contributed by atoms with Gasteiger partial charge in [-0.3, -0.25) is 4.90 Å². The van der Waals surface area contributed by atoms with Crippen LogP contribution in [0.1, 0.15) is 19.0 Å². The van der Waals surface area contributed by atoms with Gasteiger partial charge in [-0.25, -0.2) is 4.98 Å². The van der Waals surface area contributed by atoms with E-state index in [-0.39, 0.29) is 0 Å². The maximum absolute atomic E-state index is 5.99. The second kappa shape index (κ2) is 5.80. The van der Waals surface area contributed by atoms with Crippen molar-refractivity contribution < 1.29 is 0 Å². The van der Waals surface area contributed by atoms with E-state index in [0.717, 1.165) is 44.8 Å². The van der Waals surface area contributed by atoms with Crippen LogP contribution in [0.25, 0.3) is 0 Å². The normalized spacial score (nSPS) is 19.6. The Hall–Kier alpha value is -0.650. The molecule has 1 aliphatic heterocycles. The van der Waals surface area contributed by atoms with Crippen LogP contribution in [0.3, 0.4) is 0 Å². The van der Waals surface area contributed by atoms with Crippen molar-refractivity contribution in [1.29, 1.82) is 0 Å². The smallest absolute Gasteiger partial charge is 0.185 e. The summed E-state index contributed by atoms with van der Waals surface area (Å²) in [5, 5.41) is 3.29. The molecule has 1 aromatic rings. The number of anilines is 1. The molecule has 96 valence electrons. The van der Waals surface area contributed by atoms with Gasteiger partial charge in [0.05, 0.1) is 5.69 Å².